The predicted molar refractivity (Wildman–Crippen MR) is 58.0 cm³/mol. The second kappa shape index (κ2) is 3.60. The zero-order chi connectivity index (χ0) is 10.1. The van der Waals surface area contributed by atoms with Gasteiger partial charge in [-0.3, -0.25) is 4.79 Å². The van der Waals surface area contributed by atoms with E-state index in [4.69, 9.17) is 0 Å². The first kappa shape index (κ1) is 11.0. The first-order chi connectivity index (χ1) is 5.90. The SMILES string of the molecule is CC(C)(C)C(=O)NC1(CBr)CCC1. The Bertz CT molecular complexity index is 198. The lowest BCUT2D eigenvalue weighted by molar-refractivity contribution is -0.131. The van der Waals surface area contributed by atoms with Crippen LogP contribution in [0.5, 0.6) is 0 Å². The Labute approximate surface area is 88.6 Å². The van der Waals surface area contributed by atoms with Gasteiger partial charge < -0.3 is 5.32 Å². The van der Waals surface area contributed by atoms with Gasteiger partial charge in [-0.1, -0.05) is 36.7 Å². The minimum atomic E-state index is -0.273. The molecule has 0 aromatic rings. The molecule has 0 aromatic heterocycles. The Kier molecular flexibility index (Phi) is 3.05. The average Bonchev–Trinajstić information content (AvgIpc) is 1.94. The molecule has 1 rings (SSSR count). The van der Waals surface area contributed by atoms with Gasteiger partial charge in [0.2, 0.25) is 5.91 Å². The molecule has 1 N–H and O–H groups in total. The first-order valence-corrected chi connectivity index (χ1v) is 5.90. The Hall–Kier alpha value is -0.0500. The number of alkyl halides is 1. The highest BCUT2D eigenvalue weighted by molar-refractivity contribution is 9.09. The van der Waals surface area contributed by atoms with Crippen LogP contribution in [0.3, 0.4) is 0 Å². The molecule has 0 spiro atoms. The van der Waals surface area contributed by atoms with Crippen molar-refractivity contribution in [2.75, 3.05) is 5.33 Å². The quantitative estimate of drug-likeness (QED) is 0.747. The van der Waals surface area contributed by atoms with Crippen LogP contribution < -0.4 is 5.32 Å². The Balaban J connectivity index is 2.52. The number of rotatable bonds is 2. The van der Waals surface area contributed by atoms with Crippen molar-refractivity contribution in [3.05, 3.63) is 0 Å². The molecular weight excluding hydrogens is 230 g/mol. The largest absolute Gasteiger partial charge is 0.349 e. The van der Waals surface area contributed by atoms with Gasteiger partial charge in [-0.25, -0.2) is 0 Å². The molecular formula is C10H18BrNO. The van der Waals surface area contributed by atoms with Crippen molar-refractivity contribution in [3.63, 3.8) is 0 Å². The van der Waals surface area contributed by atoms with Gasteiger partial charge in [0.05, 0.1) is 0 Å². The summed E-state index contributed by atoms with van der Waals surface area (Å²) in [6, 6.07) is 0. The minimum absolute atomic E-state index is 0.0599. The summed E-state index contributed by atoms with van der Waals surface area (Å²) in [4.78, 5) is 11.7. The fourth-order valence-corrected chi connectivity index (χ4v) is 2.02. The number of hydrogen-bond acceptors (Lipinski definition) is 1. The van der Waals surface area contributed by atoms with E-state index in [-0.39, 0.29) is 16.9 Å². The van der Waals surface area contributed by atoms with Gasteiger partial charge in [0.1, 0.15) is 0 Å². The summed E-state index contributed by atoms with van der Waals surface area (Å²) in [6.45, 7) is 5.84. The van der Waals surface area contributed by atoms with Crippen molar-refractivity contribution in [1.82, 2.24) is 5.32 Å². The number of amides is 1. The van der Waals surface area contributed by atoms with Crippen LogP contribution in [0.4, 0.5) is 0 Å². The van der Waals surface area contributed by atoms with E-state index >= 15 is 0 Å². The Morgan fingerprint density at radius 2 is 2.00 bits per heavy atom. The van der Waals surface area contributed by atoms with Crippen LogP contribution in [0, 0.1) is 5.41 Å². The van der Waals surface area contributed by atoms with Gasteiger partial charge in [-0.15, -0.1) is 0 Å². The van der Waals surface area contributed by atoms with Crippen LogP contribution in [-0.2, 0) is 4.79 Å². The zero-order valence-corrected chi connectivity index (χ0v) is 10.2. The number of hydrogen-bond donors (Lipinski definition) is 1. The fourth-order valence-electron chi connectivity index (χ4n) is 1.32. The van der Waals surface area contributed by atoms with Gasteiger partial charge in [0.25, 0.3) is 0 Å². The monoisotopic (exact) mass is 247 g/mol. The van der Waals surface area contributed by atoms with Gasteiger partial charge in [-0.2, -0.15) is 0 Å². The molecule has 1 saturated carbocycles. The zero-order valence-electron chi connectivity index (χ0n) is 8.61. The van der Waals surface area contributed by atoms with Gasteiger partial charge in [0.15, 0.2) is 0 Å². The van der Waals surface area contributed by atoms with Crippen molar-refractivity contribution in [3.8, 4) is 0 Å². The third-order valence-corrected chi connectivity index (χ3v) is 3.70. The van der Waals surface area contributed by atoms with E-state index in [1.165, 1.54) is 6.42 Å². The molecule has 0 aliphatic heterocycles. The highest BCUT2D eigenvalue weighted by atomic mass is 79.9. The van der Waals surface area contributed by atoms with Gasteiger partial charge >= 0.3 is 0 Å². The van der Waals surface area contributed by atoms with E-state index in [9.17, 15) is 4.79 Å². The predicted octanol–water partition coefficient (Wildman–Crippen LogP) is 2.47. The van der Waals surface area contributed by atoms with E-state index in [2.05, 4.69) is 21.2 Å². The number of carbonyl (C=O) groups is 1. The number of nitrogens with one attached hydrogen (secondary N) is 1. The summed E-state index contributed by atoms with van der Waals surface area (Å²) in [7, 11) is 0. The summed E-state index contributed by atoms with van der Waals surface area (Å²) in [5.41, 5.74) is -0.213. The molecule has 2 nitrogen and oxygen atoms in total. The number of carbonyl (C=O) groups excluding carboxylic acids is 1. The number of halogens is 1. The van der Waals surface area contributed by atoms with Crippen LogP contribution in [-0.4, -0.2) is 16.8 Å². The standard InChI is InChI=1S/C10H18BrNO/c1-9(2,3)8(13)12-10(7-11)5-4-6-10/h4-7H2,1-3H3,(H,12,13). The third-order valence-electron chi connectivity index (χ3n) is 2.63. The highest BCUT2D eigenvalue weighted by Crippen LogP contribution is 2.34. The molecule has 0 atom stereocenters. The second-order valence-electron chi connectivity index (χ2n) is 4.97. The normalized spacial score (nSPS) is 20.6. The highest BCUT2D eigenvalue weighted by Gasteiger charge is 2.39. The summed E-state index contributed by atoms with van der Waals surface area (Å²) < 4.78 is 0. The summed E-state index contributed by atoms with van der Waals surface area (Å²) in [5, 5.41) is 4.01. The molecule has 0 saturated heterocycles. The maximum absolute atomic E-state index is 11.7. The molecule has 3 heteroatoms. The summed E-state index contributed by atoms with van der Waals surface area (Å²) in [5.74, 6) is 0.159. The lowest BCUT2D eigenvalue weighted by atomic mass is 9.77. The molecule has 1 fully saturated rings. The van der Waals surface area contributed by atoms with E-state index in [0.29, 0.717) is 0 Å². The Morgan fingerprint density at radius 3 is 2.23 bits per heavy atom. The lowest BCUT2D eigenvalue weighted by Gasteiger charge is -2.42. The summed E-state index contributed by atoms with van der Waals surface area (Å²) >= 11 is 3.46. The average molecular weight is 248 g/mol. The van der Waals surface area contributed by atoms with E-state index in [1.807, 2.05) is 20.8 Å². The van der Waals surface area contributed by atoms with Crippen molar-refractivity contribution in [1.29, 1.82) is 0 Å². The van der Waals surface area contributed by atoms with E-state index < -0.39 is 0 Å². The molecule has 1 aliphatic carbocycles. The molecule has 13 heavy (non-hydrogen) atoms. The van der Waals surface area contributed by atoms with Crippen LogP contribution in [0.15, 0.2) is 0 Å². The van der Waals surface area contributed by atoms with Crippen LogP contribution >= 0.6 is 15.9 Å². The van der Waals surface area contributed by atoms with Crippen LogP contribution in [0.25, 0.3) is 0 Å². The molecule has 1 amide bonds. The molecule has 0 unspecified atom stereocenters. The van der Waals surface area contributed by atoms with Crippen molar-refractivity contribution < 1.29 is 4.79 Å². The second-order valence-corrected chi connectivity index (χ2v) is 5.53. The molecule has 0 radical (unpaired) electrons. The van der Waals surface area contributed by atoms with Crippen LogP contribution in [0.1, 0.15) is 40.0 Å². The van der Waals surface area contributed by atoms with Gasteiger partial charge in [0, 0.05) is 16.3 Å². The molecule has 0 heterocycles. The molecule has 0 bridgehead atoms. The lowest BCUT2D eigenvalue weighted by Crippen LogP contribution is -2.57. The minimum Gasteiger partial charge on any atom is -0.349 e. The van der Waals surface area contributed by atoms with Crippen molar-refractivity contribution in [2.45, 2.75) is 45.6 Å². The van der Waals surface area contributed by atoms with Crippen molar-refractivity contribution in [2.24, 2.45) is 5.41 Å². The van der Waals surface area contributed by atoms with E-state index in [1.54, 1.807) is 0 Å². The third kappa shape index (κ3) is 2.46. The van der Waals surface area contributed by atoms with E-state index in [0.717, 1.165) is 18.2 Å². The fraction of sp³-hybridized carbons (Fsp3) is 0.900. The van der Waals surface area contributed by atoms with Crippen molar-refractivity contribution >= 4 is 21.8 Å². The van der Waals surface area contributed by atoms with Crippen LogP contribution in [0.2, 0.25) is 0 Å². The smallest absolute Gasteiger partial charge is 0.225 e. The maximum atomic E-state index is 11.7. The van der Waals surface area contributed by atoms with Gasteiger partial charge in [-0.05, 0) is 19.3 Å². The molecule has 1 aliphatic rings. The first-order valence-electron chi connectivity index (χ1n) is 4.78. The summed E-state index contributed by atoms with van der Waals surface area (Å²) in [6.07, 6.45) is 3.45. The molecule has 76 valence electrons. The molecule has 0 aromatic carbocycles. The topological polar surface area (TPSA) is 29.1 Å². The Morgan fingerprint density at radius 1 is 1.46 bits per heavy atom. The maximum Gasteiger partial charge on any atom is 0.225 e.